The fourth-order valence-electron chi connectivity index (χ4n) is 1.39. The number of ether oxygens (including phenoxy) is 1. The van der Waals surface area contributed by atoms with Crippen molar-refractivity contribution in [3.05, 3.63) is 11.9 Å². The summed E-state index contributed by atoms with van der Waals surface area (Å²) in [5.41, 5.74) is 0. The van der Waals surface area contributed by atoms with Gasteiger partial charge >= 0.3 is 0 Å². The fourth-order valence-corrected chi connectivity index (χ4v) is 1.39. The van der Waals surface area contributed by atoms with Crippen LogP contribution in [-0.4, -0.2) is 22.6 Å². The third kappa shape index (κ3) is 4.51. The molecule has 0 radical (unpaired) electrons. The molecule has 0 aliphatic heterocycles. The lowest BCUT2D eigenvalue weighted by Gasteiger charge is -2.15. The van der Waals surface area contributed by atoms with Crippen molar-refractivity contribution in [2.24, 2.45) is 0 Å². The zero-order valence-electron chi connectivity index (χ0n) is 12.2. The van der Waals surface area contributed by atoms with E-state index in [1.807, 2.05) is 6.07 Å². The maximum absolute atomic E-state index is 5.78. The van der Waals surface area contributed by atoms with Crippen molar-refractivity contribution >= 4 is 5.82 Å². The van der Waals surface area contributed by atoms with Crippen molar-refractivity contribution in [1.82, 2.24) is 9.97 Å². The summed E-state index contributed by atoms with van der Waals surface area (Å²) in [6, 6.07) is 1.88. The van der Waals surface area contributed by atoms with E-state index in [0.717, 1.165) is 31.0 Å². The van der Waals surface area contributed by atoms with E-state index in [2.05, 4.69) is 49.9 Å². The standard InChI is InChI=1S/C14H25N3O/c1-6-8-15-12-9-13(18-11(5)7-2)17-14(16-12)10(3)4/h9-11H,6-8H2,1-5H3,(H,15,16,17). The highest BCUT2D eigenvalue weighted by molar-refractivity contribution is 5.38. The number of hydrogen-bond donors (Lipinski definition) is 1. The monoisotopic (exact) mass is 251 g/mol. The summed E-state index contributed by atoms with van der Waals surface area (Å²) in [6.07, 6.45) is 2.22. The van der Waals surface area contributed by atoms with E-state index in [4.69, 9.17) is 4.74 Å². The molecule has 0 aromatic carbocycles. The summed E-state index contributed by atoms with van der Waals surface area (Å²) >= 11 is 0. The molecule has 1 unspecified atom stereocenters. The Kier molecular flexibility index (Phi) is 5.89. The summed E-state index contributed by atoms with van der Waals surface area (Å²) in [4.78, 5) is 8.96. The third-order valence-electron chi connectivity index (χ3n) is 2.69. The van der Waals surface area contributed by atoms with Gasteiger partial charge in [0.15, 0.2) is 0 Å². The second kappa shape index (κ2) is 7.19. The maximum atomic E-state index is 5.78. The molecule has 0 aliphatic carbocycles. The second-order valence-corrected chi connectivity index (χ2v) is 4.87. The van der Waals surface area contributed by atoms with Crippen molar-refractivity contribution in [3.8, 4) is 5.88 Å². The maximum Gasteiger partial charge on any atom is 0.218 e. The van der Waals surface area contributed by atoms with Gasteiger partial charge in [-0.3, -0.25) is 0 Å². The molecule has 0 saturated carbocycles. The van der Waals surface area contributed by atoms with Crippen molar-refractivity contribution in [3.63, 3.8) is 0 Å². The molecule has 0 saturated heterocycles. The van der Waals surface area contributed by atoms with Crippen LogP contribution in [0.3, 0.4) is 0 Å². The Morgan fingerprint density at radius 2 is 1.94 bits per heavy atom. The van der Waals surface area contributed by atoms with E-state index in [-0.39, 0.29) is 6.10 Å². The smallest absolute Gasteiger partial charge is 0.218 e. The third-order valence-corrected chi connectivity index (χ3v) is 2.69. The fraction of sp³-hybridized carbons (Fsp3) is 0.714. The first-order valence-corrected chi connectivity index (χ1v) is 6.86. The Morgan fingerprint density at radius 3 is 2.50 bits per heavy atom. The average Bonchev–Trinajstić information content (AvgIpc) is 2.35. The van der Waals surface area contributed by atoms with Gasteiger partial charge in [-0.25, -0.2) is 4.98 Å². The molecular weight excluding hydrogens is 226 g/mol. The number of nitrogens with zero attached hydrogens (tertiary/aromatic N) is 2. The Balaban J connectivity index is 2.90. The average molecular weight is 251 g/mol. The Bertz CT molecular complexity index is 366. The predicted molar refractivity (Wildman–Crippen MR) is 75.3 cm³/mol. The Hall–Kier alpha value is -1.32. The van der Waals surface area contributed by atoms with Gasteiger partial charge in [0.1, 0.15) is 11.6 Å². The highest BCUT2D eigenvalue weighted by atomic mass is 16.5. The zero-order chi connectivity index (χ0) is 13.5. The van der Waals surface area contributed by atoms with E-state index in [9.17, 15) is 0 Å². The zero-order valence-corrected chi connectivity index (χ0v) is 12.2. The van der Waals surface area contributed by atoms with E-state index >= 15 is 0 Å². The molecule has 1 atom stereocenters. The van der Waals surface area contributed by atoms with Crippen LogP contribution in [0.2, 0.25) is 0 Å². The predicted octanol–water partition coefficient (Wildman–Crippen LogP) is 3.60. The molecule has 4 heteroatoms. The number of anilines is 1. The van der Waals surface area contributed by atoms with Crippen molar-refractivity contribution in [1.29, 1.82) is 0 Å². The van der Waals surface area contributed by atoms with Crippen LogP contribution < -0.4 is 10.1 Å². The van der Waals surface area contributed by atoms with Gasteiger partial charge in [-0.1, -0.05) is 27.7 Å². The van der Waals surface area contributed by atoms with E-state index in [1.165, 1.54) is 0 Å². The minimum atomic E-state index is 0.180. The second-order valence-electron chi connectivity index (χ2n) is 4.87. The molecule has 102 valence electrons. The summed E-state index contributed by atoms with van der Waals surface area (Å²) < 4.78 is 5.78. The van der Waals surface area contributed by atoms with Gasteiger partial charge in [-0.05, 0) is 19.8 Å². The highest BCUT2D eigenvalue weighted by Crippen LogP contribution is 2.19. The van der Waals surface area contributed by atoms with Crippen LogP contribution in [0.4, 0.5) is 5.82 Å². The van der Waals surface area contributed by atoms with Gasteiger partial charge in [0.05, 0.1) is 6.10 Å². The summed E-state index contributed by atoms with van der Waals surface area (Å²) in [5, 5.41) is 3.29. The number of rotatable bonds is 7. The topological polar surface area (TPSA) is 47.0 Å². The van der Waals surface area contributed by atoms with Crippen molar-refractivity contribution < 1.29 is 4.74 Å². The molecule has 1 heterocycles. The first-order valence-electron chi connectivity index (χ1n) is 6.86. The van der Waals surface area contributed by atoms with Gasteiger partial charge in [0, 0.05) is 18.5 Å². The lowest BCUT2D eigenvalue weighted by Crippen LogP contribution is -2.13. The molecule has 0 amide bonds. The molecule has 18 heavy (non-hydrogen) atoms. The molecule has 1 aromatic rings. The summed E-state index contributed by atoms with van der Waals surface area (Å²) in [5.74, 6) is 2.65. The van der Waals surface area contributed by atoms with Crippen molar-refractivity contribution in [2.45, 2.75) is 59.5 Å². The lowest BCUT2D eigenvalue weighted by molar-refractivity contribution is 0.207. The minimum Gasteiger partial charge on any atom is -0.475 e. The van der Waals surface area contributed by atoms with Gasteiger partial charge in [0.2, 0.25) is 5.88 Å². The van der Waals surface area contributed by atoms with E-state index in [1.54, 1.807) is 0 Å². The van der Waals surface area contributed by atoms with Crippen LogP contribution in [0.25, 0.3) is 0 Å². The van der Waals surface area contributed by atoms with Gasteiger partial charge in [-0.2, -0.15) is 4.98 Å². The Labute approximate surface area is 110 Å². The SMILES string of the molecule is CCCNc1cc(OC(C)CC)nc(C(C)C)n1. The largest absolute Gasteiger partial charge is 0.475 e. The van der Waals surface area contributed by atoms with Crippen LogP contribution in [0, 0.1) is 0 Å². The molecule has 1 rings (SSSR count). The quantitative estimate of drug-likeness (QED) is 0.804. The van der Waals surface area contributed by atoms with E-state index < -0.39 is 0 Å². The highest BCUT2D eigenvalue weighted by Gasteiger charge is 2.10. The first-order chi connectivity index (χ1) is 8.56. The molecule has 1 N–H and O–H groups in total. The molecule has 0 aliphatic rings. The molecular formula is C14H25N3O. The normalized spacial score (nSPS) is 12.6. The van der Waals surface area contributed by atoms with Crippen LogP contribution in [0.1, 0.15) is 59.2 Å². The Morgan fingerprint density at radius 1 is 1.22 bits per heavy atom. The number of nitrogens with one attached hydrogen (secondary N) is 1. The summed E-state index contributed by atoms with van der Waals surface area (Å²) in [7, 11) is 0. The van der Waals surface area contributed by atoms with Gasteiger partial charge < -0.3 is 10.1 Å². The van der Waals surface area contributed by atoms with Crippen LogP contribution in [0.15, 0.2) is 6.07 Å². The van der Waals surface area contributed by atoms with E-state index in [0.29, 0.717) is 11.8 Å². The van der Waals surface area contributed by atoms with Crippen LogP contribution in [-0.2, 0) is 0 Å². The molecule has 0 spiro atoms. The van der Waals surface area contributed by atoms with Crippen LogP contribution >= 0.6 is 0 Å². The lowest BCUT2D eigenvalue weighted by atomic mass is 10.2. The van der Waals surface area contributed by atoms with Gasteiger partial charge in [-0.15, -0.1) is 0 Å². The first kappa shape index (κ1) is 14.7. The van der Waals surface area contributed by atoms with Crippen LogP contribution in [0.5, 0.6) is 5.88 Å². The summed E-state index contributed by atoms with van der Waals surface area (Å²) in [6.45, 7) is 11.4. The molecule has 0 fully saturated rings. The number of hydrogen-bond acceptors (Lipinski definition) is 4. The van der Waals surface area contributed by atoms with Gasteiger partial charge in [0.25, 0.3) is 0 Å². The van der Waals surface area contributed by atoms with Crippen molar-refractivity contribution in [2.75, 3.05) is 11.9 Å². The minimum absolute atomic E-state index is 0.180. The molecule has 0 bridgehead atoms. The number of aromatic nitrogens is 2. The molecule has 1 aromatic heterocycles. The molecule has 4 nitrogen and oxygen atoms in total.